The highest BCUT2D eigenvalue weighted by molar-refractivity contribution is 6.35. The Kier molecular flexibility index (Phi) is 5.08. The van der Waals surface area contributed by atoms with Gasteiger partial charge in [-0.1, -0.05) is 30.1 Å². The van der Waals surface area contributed by atoms with Crippen molar-refractivity contribution < 1.29 is 18.3 Å². The lowest BCUT2D eigenvalue weighted by Gasteiger charge is -2.33. The number of rotatable bonds is 3. The molecule has 0 N–H and O–H groups in total. The van der Waals surface area contributed by atoms with Crippen molar-refractivity contribution in [2.45, 2.75) is 19.4 Å². The smallest absolute Gasteiger partial charge is 0.276 e. The van der Waals surface area contributed by atoms with Gasteiger partial charge in [0.15, 0.2) is 12.1 Å². The summed E-state index contributed by atoms with van der Waals surface area (Å²) in [6.07, 6.45) is 1.30. The van der Waals surface area contributed by atoms with Gasteiger partial charge in [0, 0.05) is 23.6 Å². The van der Waals surface area contributed by atoms with E-state index in [1.807, 2.05) is 6.92 Å². The van der Waals surface area contributed by atoms with E-state index in [0.29, 0.717) is 41.6 Å². The Morgan fingerprint density at radius 1 is 1.42 bits per heavy atom. The number of aryl methyl sites for hydroxylation is 1. The van der Waals surface area contributed by atoms with E-state index < -0.39 is 11.9 Å². The van der Waals surface area contributed by atoms with Gasteiger partial charge in [0.1, 0.15) is 17.7 Å². The van der Waals surface area contributed by atoms with E-state index in [9.17, 15) is 9.18 Å². The molecule has 5 nitrogen and oxygen atoms in total. The summed E-state index contributed by atoms with van der Waals surface area (Å²) in [5, 5.41) is 0.249. The Morgan fingerprint density at radius 2 is 2.21 bits per heavy atom. The Labute approximate surface area is 148 Å². The zero-order valence-electron chi connectivity index (χ0n) is 12.9. The predicted octanol–water partition coefficient (Wildman–Crippen LogP) is 3.90. The summed E-state index contributed by atoms with van der Waals surface area (Å²) in [6.45, 7) is 2.86. The molecule has 0 bridgehead atoms. The molecule has 1 atom stereocenters. The molecule has 1 aromatic carbocycles. The van der Waals surface area contributed by atoms with Crippen LogP contribution in [0.2, 0.25) is 10.0 Å². The first-order valence-corrected chi connectivity index (χ1v) is 8.24. The Balaban J connectivity index is 1.82. The molecule has 2 heterocycles. The van der Waals surface area contributed by atoms with Crippen LogP contribution in [0, 0.1) is 5.82 Å². The van der Waals surface area contributed by atoms with E-state index in [1.54, 1.807) is 4.90 Å². The Morgan fingerprint density at radius 3 is 2.96 bits per heavy atom. The summed E-state index contributed by atoms with van der Waals surface area (Å²) < 4.78 is 24.6. The second kappa shape index (κ2) is 7.09. The summed E-state index contributed by atoms with van der Waals surface area (Å²) in [5.41, 5.74) is 0.762. The van der Waals surface area contributed by atoms with Crippen LogP contribution in [0.4, 0.5) is 4.39 Å². The van der Waals surface area contributed by atoms with Crippen molar-refractivity contribution >= 4 is 29.1 Å². The maximum Gasteiger partial charge on any atom is 0.276 e. The zero-order valence-corrected chi connectivity index (χ0v) is 14.4. The molecule has 1 aliphatic rings. The monoisotopic (exact) mass is 372 g/mol. The minimum atomic E-state index is -0.576. The molecule has 1 fully saturated rings. The zero-order chi connectivity index (χ0) is 17.3. The Hall–Kier alpha value is -1.63. The summed E-state index contributed by atoms with van der Waals surface area (Å²) in [7, 11) is 0. The molecule has 0 spiro atoms. The number of hydrogen-bond donors (Lipinski definition) is 0. The standard InChI is InChI=1S/C16H15Cl2FN2O3/c1-2-13-15(20-8-24-13)16(22)21-3-4-23-14(7-21)9-5-12(19)11(18)6-10(9)17/h5-6,8,14H,2-4,7H2,1H3. The van der Waals surface area contributed by atoms with Crippen LogP contribution in [-0.4, -0.2) is 35.5 Å². The molecule has 1 aromatic heterocycles. The number of ether oxygens (including phenoxy) is 1. The van der Waals surface area contributed by atoms with Crippen molar-refractivity contribution in [3.8, 4) is 0 Å². The van der Waals surface area contributed by atoms with Crippen LogP contribution < -0.4 is 0 Å². The molecule has 2 aromatic rings. The predicted molar refractivity (Wildman–Crippen MR) is 86.9 cm³/mol. The number of nitrogens with zero attached hydrogens (tertiary/aromatic N) is 2. The number of benzene rings is 1. The van der Waals surface area contributed by atoms with E-state index in [0.717, 1.165) is 0 Å². The first-order chi connectivity index (χ1) is 11.5. The number of carbonyl (C=O) groups is 1. The van der Waals surface area contributed by atoms with Crippen LogP contribution in [0.5, 0.6) is 0 Å². The van der Waals surface area contributed by atoms with E-state index >= 15 is 0 Å². The van der Waals surface area contributed by atoms with Gasteiger partial charge >= 0.3 is 0 Å². The summed E-state index contributed by atoms with van der Waals surface area (Å²) in [4.78, 5) is 18.2. The molecule has 1 unspecified atom stereocenters. The van der Waals surface area contributed by atoms with Gasteiger partial charge in [-0.15, -0.1) is 0 Å². The minimum Gasteiger partial charge on any atom is -0.448 e. The van der Waals surface area contributed by atoms with Crippen molar-refractivity contribution in [2.75, 3.05) is 19.7 Å². The maximum atomic E-state index is 13.7. The van der Waals surface area contributed by atoms with Crippen LogP contribution in [0.3, 0.4) is 0 Å². The van der Waals surface area contributed by atoms with Gasteiger partial charge < -0.3 is 14.1 Å². The minimum absolute atomic E-state index is 0.0531. The number of oxazole rings is 1. The summed E-state index contributed by atoms with van der Waals surface area (Å²) in [6, 6.07) is 2.58. The molecule has 1 amide bonds. The van der Waals surface area contributed by atoms with Gasteiger partial charge in [-0.05, 0) is 12.1 Å². The summed E-state index contributed by atoms with van der Waals surface area (Å²) >= 11 is 11.9. The largest absolute Gasteiger partial charge is 0.448 e. The van der Waals surface area contributed by atoms with Crippen molar-refractivity contribution in [3.63, 3.8) is 0 Å². The number of halogens is 3. The number of morpholine rings is 1. The average Bonchev–Trinajstić information content (AvgIpc) is 3.06. The lowest BCUT2D eigenvalue weighted by atomic mass is 10.1. The summed E-state index contributed by atoms with van der Waals surface area (Å²) in [5.74, 6) is -0.272. The van der Waals surface area contributed by atoms with E-state index in [4.69, 9.17) is 32.4 Å². The van der Waals surface area contributed by atoms with Gasteiger partial charge in [0.05, 0.1) is 18.2 Å². The van der Waals surface area contributed by atoms with Crippen LogP contribution in [0.25, 0.3) is 0 Å². The molecule has 3 rings (SSSR count). The van der Waals surface area contributed by atoms with Gasteiger partial charge in [-0.25, -0.2) is 9.37 Å². The molecule has 1 saturated heterocycles. The molecule has 8 heteroatoms. The number of amides is 1. The average molecular weight is 373 g/mol. The van der Waals surface area contributed by atoms with Crippen molar-refractivity contribution in [1.29, 1.82) is 0 Å². The molecule has 128 valence electrons. The molecule has 0 radical (unpaired) electrons. The molecular formula is C16H15Cl2FN2O3. The molecule has 24 heavy (non-hydrogen) atoms. The molecule has 0 aliphatic carbocycles. The first-order valence-electron chi connectivity index (χ1n) is 7.49. The highest BCUT2D eigenvalue weighted by Crippen LogP contribution is 2.32. The second-order valence-corrected chi connectivity index (χ2v) is 6.19. The number of carbonyl (C=O) groups excluding carboxylic acids is 1. The fourth-order valence-electron chi connectivity index (χ4n) is 2.65. The molecule has 1 aliphatic heterocycles. The normalized spacial score (nSPS) is 18.0. The van der Waals surface area contributed by atoms with Gasteiger partial charge in [-0.3, -0.25) is 4.79 Å². The van der Waals surface area contributed by atoms with Gasteiger partial charge in [0.25, 0.3) is 5.91 Å². The molecular weight excluding hydrogens is 358 g/mol. The van der Waals surface area contributed by atoms with Gasteiger partial charge in [0.2, 0.25) is 0 Å². The fraction of sp³-hybridized carbons (Fsp3) is 0.375. The third kappa shape index (κ3) is 3.27. The second-order valence-electron chi connectivity index (χ2n) is 5.38. The maximum absolute atomic E-state index is 13.7. The number of aromatic nitrogens is 1. The quantitative estimate of drug-likeness (QED) is 0.766. The van der Waals surface area contributed by atoms with Crippen molar-refractivity contribution in [3.05, 3.63) is 51.4 Å². The third-order valence-corrected chi connectivity index (χ3v) is 4.52. The Bertz CT molecular complexity index is 766. The SMILES string of the molecule is CCc1ocnc1C(=O)N1CCOC(c2cc(F)c(Cl)cc2Cl)C1. The highest BCUT2D eigenvalue weighted by atomic mass is 35.5. The van der Waals surface area contributed by atoms with E-state index in [1.165, 1.54) is 18.5 Å². The number of hydrogen-bond acceptors (Lipinski definition) is 4. The topological polar surface area (TPSA) is 55.6 Å². The van der Waals surface area contributed by atoms with Crippen LogP contribution in [-0.2, 0) is 11.2 Å². The first kappa shape index (κ1) is 17.2. The molecule has 0 saturated carbocycles. The fourth-order valence-corrected chi connectivity index (χ4v) is 3.16. The lowest BCUT2D eigenvalue weighted by molar-refractivity contribution is -0.0231. The van der Waals surface area contributed by atoms with Crippen molar-refractivity contribution in [1.82, 2.24) is 9.88 Å². The van der Waals surface area contributed by atoms with Gasteiger partial charge in [-0.2, -0.15) is 0 Å². The highest BCUT2D eigenvalue weighted by Gasteiger charge is 2.30. The van der Waals surface area contributed by atoms with E-state index in [2.05, 4.69) is 4.98 Å². The van der Waals surface area contributed by atoms with Crippen LogP contribution in [0.15, 0.2) is 22.9 Å². The van der Waals surface area contributed by atoms with Crippen LogP contribution >= 0.6 is 23.2 Å². The third-order valence-electron chi connectivity index (χ3n) is 3.90. The lowest BCUT2D eigenvalue weighted by Crippen LogP contribution is -2.42. The van der Waals surface area contributed by atoms with E-state index in [-0.39, 0.29) is 17.5 Å². The van der Waals surface area contributed by atoms with Crippen LogP contribution in [0.1, 0.15) is 34.8 Å². The van der Waals surface area contributed by atoms with Crippen molar-refractivity contribution in [2.24, 2.45) is 0 Å².